The topological polar surface area (TPSA) is 128 Å². The van der Waals surface area contributed by atoms with Crippen molar-refractivity contribution in [3.05, 3.63) is 39.9 Å². The molecule has 0 aromatic heterocycles. The predicted octanol–water partition coefficient (Wildman–Crippen LogP) is 1.37. The largest absolute Gasteiger partial charge is 0.449 e. The van der Waals surface area contributed by atoms with Gasteiger partial charge in [0.15, 0.2) is 6.10 Å². The van der Waals surface area contributed by atoms with Crippen molar-refractivity contribution in [2.45, 2.75) is 32.9 Å². The van der Waals surface area contributed by atoms with E-state index in [1.807, 2.05) is 5.32 Å². The SMILES string of the molecule is CC(C)NC(=O)NC(=O)C(C)OC(=O)c1ccccc1[N+](=O)[O-]. The predicted molar refractivity (Wildman–Crippen MR) is 79.8 cm³/mol. The molecule has 124 valence electrons. The van der Waals surface area contributed by atoms with Crippen LogP contribution in [0.15, 0.2) is 24.3 Å². The molecule has 2 N–H and O–H groups in total. The molecule has 0 saturated heterocycles. The number of rotatable bonds is 5. The zero-order valence-electron chi connectivity index (χ0n) is 12.9. The number of imide groups is 1. The molecule has 9 nitrogen and oxygen atoms in total. The number of ether oxygens (including phenoxy) is 1. The first-order valence-corrected chi connectivity index (χ1v) is 6.78. The van der Waals surface area contributed by atoms with E-state index in [1.54, 1.807) is 13.8 Å². The van der Waals surface area contributed by atoms with Crippen LogP contribution in [0.2, 0.25) is 0 Å². The van der Waals surface area contributed by atoms with Crippen LogP contribution in [0.5, 0.6) is 0 Å². The number of para-hydroxylation sites is 1. The maximum atomic E-state index is 11.9. The van der Waals surface area contributed by atoms with E-state index >= 15 is 0 Å². The van der Waals surface area contributed by atoms with E-state index in [9.17, 15) is 24.5 Å². The second kappa shape index (κ2) is 7.87. The number of hydrogen-bond acceptors (Lipinski definition) is 6. The smallest absolute Gasteiger partial charge is 0.345 e. The van der Waals surface area contributed by atoms with Crippen LogP contribution in [0.25, 0.3) is 0 Å². The van der Waals surface area contributed by atoms with Crippen molar-refractivity contribution in [1.82, 2.24) is 10.6 Å². The molecular weight excluding hydrogens is 306 g/mol. The average Bonchev–Trinajstić information content (AvgIpc) is 2.45. The van der Waals surface area contributed by atoms with Gasteiger partial charge in [0.1, 0.15) is 5.56 Å². The van der Waals surface area contributed by atoms with Crippen molar-refractivity contribution < 1.29 is 24.0 Å². The molecule has 9 heteroatoms. The fourth-order valence-corrected chi connectivity index (χ4v) is 1.59. The Hall–Kier alpha value is -2.97. The minimum absolute atomic E-state index is 0.173. The van der Waals surface area contributed by atoms with Gasteiger partial charge in [-0.05, 0) is 26.8 Å². The summed E-state index contributed by atoms with van der Waals surface area (Å²) in [4.78, 5) is 45.2. The highest BCUT2D eigenvalue weighted by molar-refractivity contribution is 5.99. The molecule has 23 heavy (non-hydrogen) atoms. The second-order valence-electron chi connectivity index (χ2n) is 4.94. The van der Waals surface area contributed by atoms with Crippen LogP contribution in [-0.4, -0.2) is 35.0 Å². The Bertz CT molecular complexity index is 629. The summed E-state index contributed by atoms with van der Waals surface area (Å²) in [6.45, 7) is 4.68. The number of nitrogens with one attached hydrogen (secondary N) is 2. The Balaban J connectivity index is 2.72. The molecule has 0 saturated carbocycles. The van der Waals surface area contributed by atoms with Crippen molar-refractivity contribution >= 4 is 23.6 Å². The second-order valence-corrected chi connectivity index (χ2v) is 4.94. The molecule has 0 spiro atoms. The van der Waals surface area contributed by atoms with Gasteiger partial charge >= 0.3 is 12.0 Å². The van der Waals surface area contributed by atoms with Crippen LogP contribution >= 0.6 is 0 Å². The van der Waals surface area contributed by atoms with Crippen molar-refractivity contribution in [3.63, 3.8) is 0 Å². The molecule has 0 fully saturated rings. The number of urea groups is 1. The molecule has 1 aromatic rings. The van der Waals surface area contributed by atoms with Gasteiger partial charge in [-0.15, -0.1) is 0 Å². The molecule has 1 rings (SSSR count). The van der Waals surface area contributed by atoms with E-state index in [-0.39, 0.29) is 11.6 Å². The molecule has 0 radical (unpaired) electrons. The molecular formula is C14H17N3O6. The lowest BCUT2D eigenvalue weighted by atomic mass is 10.2. The molecule has 0 bridgehead atoms. The van der Waals surface area contributed by atoms with Gasteiger partial charge in [0.05, 0.1) is 4.92 Å². The summed E-state index contributed by atoms with van der Waals surface area (Å²) in [6, 6.07) is 4.31. The Morgan fingerprint density at radius 3 is 2.35 bits per heavy atom. The molecule has 1 atom stereocenters. The summed E-state index contributed by atoms with van der Waals surface area (Å²) in [5.41, 5.74) is -0.702. The molecule has 0 aliphatic carbocycles. The number of carbonyl (C=O) groups excluding carboxylic acids is 3. The number of nitro benzene ring substituents is 1. The number of carbonyl (C=O) groups is 3. The average molecular weight is 323 g/mol. The van der Waals surface area contributed by atoms with E-state index in [1.165, 1.54) is 25.1 Å². The normalized spacial score (nSPS) is 11.5. The van der Waals surface area contributed by atoms with Gasteiger partial charge in [0.2, 0.25) is 0 Å². The highest BCUT2D eigenvalue weighted by atomic mass is 16.6. The molecule has 3 amide bonds. The van der Waals surface area contributed by atoms with Crippen LogP contribution in [0.1, 0.15) is 31.1 Å². The highest BCUT2D eigenvalue weighted by Gasteiger charge is 2.25. The minimum Gasteiger partial charge on any atom is -0.449 e. The van der Waals surface area contributed by atoms with Crippen molar-refractivity contribution in [2.24, 2.45) is 0 Å². The van der Waals surface area contributed by atoms with Gasteiger partial charge in [-0.1, -0.05) is 12.1 Å². The van der Waals surface area contributed by atoms with E-state index in [0.29, 0.717) is 0 Å². The maximum absolute atomic E-state index is 11.9. The number of esters is 1. The van der Waals surface area contributed by atoms with Gasteiger partial charge in [0, 0.05) is 12.1 Å². The molecule has 1 aromatic carbocycles. The van der Waals surface area contributed by atoms with Crippen LogP contribution in [0.4, 0.5) is 10.5 Å². The van der Waals surface area contributed by atoms with E-state index in [0.717, 1.165) is 6.07 Å². The quantitative estimate of drug-likeness (QED) is 0.478. The monoisotopic (exact) mass is 323 g/mol. The lowest BCUT2D eigenvalue weighted by Crippen LogP contribution is -2.46. The molecule has 0 aliphatic rings. The fourth-order valence-electron chi connectivity index (χ4n) is 1.59. The first kappa shape index (κ1) is 18.1. The number of nitro groups is 1. The molecule has 0 aliphatic heterocycles. The van der Waals surface area contributed by atoms with Gasteiger partial charge in [-0.25, -0.2) is 9.59 Å². The van der Waals surface area contributed by atoms with Crippen LogP contribution < -0.4 is 10.6 Å². The van der Waals surface area contributed by atoms with Gasteiger partial charge in [-0.3, -0.25) is 20.2 Å². The number of hydrogen-bond donors (Lipinski definition) is 2. The first-order valence-electron chi connectivity index (χ1n) is 6.78. The van der Waals surface area contributed by atoms with Crippen LogP contribution in [0, 0.1) is 10.1 Å². The lowest BCUT2D eigenvalue weighted by Gasteiger charge is -2.14. The van der Waals surface area contributed by atoms with Crippen molar-refractivity contribution in [2.75, 3.05) is 0 Å². The van der Waals surface area contributed by atoms with Gasteiger partial charge in [0.25, 0.3) is 11.6 Å². The van der Waals surface area contributed by atoms with E-state index in [4.69, 9.17) is 4.74 Å². The number of amides is 3. The van der Waals surface area contributed by atoms with Crippen LogP contribution in [-0.2, 0) is 9.53 Å². The van der Waals surface area contributed by atoms with Crippen molar-refractivity contribution in [3.8, 4) is 0 Å². The Labute approximate surface area is 132 Å². The summed E-state index contributed by atoms with van der Waals surface area (Å²) in [5, 5.41) is 15.3. The van der Waals surface area contributed by atoms with Crippen LogP contribution in [0.3, 0.4) is 0 Å². The molecule has 0 heterocycles. The summed E-state index contributed by atoms with van der Waals surface area (Å²) in [5.74, 6) is -1.86. The van der Waals surface area contributed by atoms with E-state index in [2.05, 4.69) is 5.32 Å². The third kappa shape index (κ3) is 5.38. The van der Waals surface area contributed by atoms with E-state index < -0.39 is 34.6 Å². The Morgan fingerprint density at radius 2 is 1.78 bits per heavy atom. The Kier molecular flexibility index (Phi) is 6.19. The standard InChI is InChI=1S/C14H17N3O6/c1-8(2)15-14(20)16-12(18)9(3)23-13(19)10-6-4-5-7-11(10)17(21)22/h4-9H,1-3H3,(H2,15,16,18,20). The Morgan fingerprint density at radius 1 is 1.17 bits per heavy atom. The zero-order valence-corrected chi connectivity index (χ0v) is 12.9. The number of nitrogens with zero attached hydrogens (tertiary/aromatic N) is 1. The van der Waals surface area contributed by atoms with Gasteiger partial charge < -0.3 is 10.1 Å². The zero-order chi connectivity index (χ0) is 17.6. The van der Waals surface area contributed by atoms with Gasteiger partial charge in [-0.2, -0.15) is 0 Å². The summed E-state index contributed by atoms with van der Waals surface area (Å²) >= 11 is 0. The minimum atomic E-state index is -1.29. The third-order valence-electron chi connectivity index (χ3n) is 2.63. The maximum Gasteiger partial charge on any atom is 0.345 e. The fraction of sp³-hybridized carbons (Fsp3) is 0.357. The summed E-state index contributed by atoms with van der Waals surface area (Å²) in [6.07, 6.45) is -1.29. The highest BCUT2D eigenvalue weighted by Crippen LogP contribution is 2.19. The number of benzene rings is 1. The lowest BCUT2D eigenvalue weighted by molar-refractivity contribution is -0.385. The summed E-state index contributed by atoms with van der Waals surface area (Å²) in [7, 11) is 0. The first-order chi connectivity index (χ1) is 10.7. The summed E-state index contributed by atoms with van der Waals surface area (Å²) < 4.78 is 4.86. The molecule has 1 unspecified atom stereocenters. The third-order valence-corrected chi connectivity index (χ3v) is 2.63. The van der Waals surface area contributed by atoms with Crippen molar-refractivity contribution in [1.29, 1.82) is 0 Å².